The number of ether oxygens (including phenoxy) is 1. The Kier molecular flexibility index (Phi) is 3.05. The fraction of sp³-hybridized carbons (Fsp3) is 0.222. The van der Waals surface area contributed by atoms with Crippen molar-refractivity contribution in [2.75, 3.05) is 7.11 Å². The average Bonchev–Trinajstić information content (AvgIpc) is 2.56. The van der Waals surface area contributed by atoms with E-state index < -0.39 is 0 Å². The zero-order valence-corrected chi connectivity index (χ0v) is 7.85. The molecule has 1 heterocycles. The number of esters is 1. The molecule has 0 aliphatic heterocycles. The van der Waals surface area contributed by atoms with Gasteiger partial charge in [0.25, 0.3) is 0 Å². The number of rotatable bonds is 2. The highest BCUT2D eigenvalue weighted by atomic mass is 32.1. The van der Waals surface area contributed by atoms with Gasteiger partial charge in [0.2, 0.25) is 0 Å². The van der Waals surface area contributed by atoms with Gasteiger partial charge in [-0.05, 0) is 23.9 Å². The van der Waals surface area contributed by atoms with Gasteiger partial charge in [-0.3, -0.25) is 0 Å². The predicted octanol–water partition coefficient (Wildman–Crippen LogP) is 2.32. The second-order valence-corrected chi connectivity index (χ2v) is 3.28. The van der Waals surface area contributed by atoms with Crippen molar-refractivity contribution in [2.24, 2.45) is 0 Å². The summed E-state index contributed by atoms with van der Waals surface area (Å²) in [5.41, 5.74) is 0.942. The molecule has 0 aliphatic rings. The lowest BCUT2D eigenvalue weighted by molar-refractivity contribution is -0.134. The van der Waals surface area contributed by atoms with Gasteiger partial charge in [0.1, 0.15) is 0 Å². The Hall–Kier alpha value is -1.09. The van der Waals surface area contributed by atoms with Crippen molar-refractivity contribution >= 4 is 22.9 Å². The Bertz CT molecular complexity index is 285. The van der Waals surface area contributed by atoms with Crippen LogP contribution in [-0.2, 0) is 9.53 Å². The molecule has 0 N–H and O–H groups in total. The molecular formula is C9H10O2S. The maximum Gasteiger partial charge on any atom is 0.330 e. The van der Waals surface area contributed by atoms with Gasteiger partial charge in [-0.2, -0.15) is 0 Å². The Labute approximate surface area is 75.5 Å². The second-order valence-electron chi connectivity index (χ2n) is 2.33. The van der Waals surface area contributed by atoms with Crippen LogP contribution in [0.15, 0.2) is 23.6 Å². The van der Waals surface area contributed by atoms with Crippen LogP contribution < -0.4 is 0 Å². The van der Waals surface area contributed by atoms with Gasteiger partial charge in [-0.1, -0.05) is 6.07 Å². The van der Waals surface area contributed by atoms with Crippen LogP contribution >= 0.6 is 11.3 Å². The molecule has 0 saturated heterocycles. The van der Waals surface area contributed by atoms with Gasteiger partial charge >= 0.3 is 5.97 Å². The molecule has 12 heavy (non-hydrogen) atoms. The van der Waals surface area contributed by atoms with Crippen LogP contribution in [0.2, 0.25) is 0 Å². The molecule has 0 spiro atoms. The Morgan fingerprint density at radius 2 is 2.42 bits per heavy atom. The molecule has 0 bridgehead atoms. The summed E-state index contributed by atoms with van der Waals surface area (Å²) in [4.78, 5) is 11.9. The summed E-state index contributed by atoms with van der Waals surface area (Å²) in [6.45, 7) is 1.89. The first-order valence-electron chi connectivity index (χ1n) is 3.54. The SMILES string of the molecule is COC(=O)/C=C(\C)c1cccs1. The number of carbonyl (C=O) groups excluding carboxylic acids is 1. The monoisotopic (exact) mass is 182 g/mol. The molecular weight excluding hydrogens is 172 g/mol. The third kappa shape index (κ3) is 2.20. The molecule has 0 atom stereocenters. The van der Waals surface area contributed by atoms with E-state index in [4.69, 9.17) is 0 Å². The fourth-order valence-electron chi connectivity index (χ4n) is 0.810. The van der Waals surface area contributed by atoms with Gasteiger partial charge in [0, 0.05) is 11.0 Å². The van der Waals surface area contributed by atoms with Crippen molar-refractivity contribution in [1.29, 1.82) is 0 Å². The van der Waals surface area contributed by atoms with Crippen LogP contribution in [0.3, 0.4) is 0 Å². The van der Waals surface area contributed by atoms with Crippen molar-refractivity contribution in [3.63, 3.8) is 0 Å². The molecule has 1 rings (SSSR count). The zero-order chi connectivity index (χ0) is 8.97. The first-order valence-corrected chi connectivity index (χ1v) is 4.42. The number of allylic oxidation sites excluding steroid dienone is 1. The van der Waals surface area contributed by atoms with Gasteiger partial charge in [0.05, 0.1) is 7.11 Å². The van der Waals surface area contributed by atoms with Crippen LogP contribution in [-0.4, -0.2) is 13.1 Å². The highest BCUT2D eigenvalue weighted by molar-refractivity contribution is 7.11. The molecule has 1 aromatic heterocycles. The van der Waals surface area contributed by atoms with Crippen molar-refractivity contribution in [2.45, 2.75) is 6.92 Å². The van der Waals surface area contributed by atoms with E-state index in [2.05, 4.69) is 4.74 Å². The lowest BCUT2D eigenvalue weighted by Crippen LogP contribution is -1.94. The molecule has 0 aliphatic carbocycles. The van der Waals surface area contributed by atoms with Gasteiger partial charge in [-0.15, -0.1) is 11.3 Å². The Morgan fingerprint density at radius 3 is 2.92 bits per heavy atom. The lowest BCUT2D eigenvalue weighted by atomic mass is 10.2. The van der Waals surface area contributed by atoms with Gasteiger partial charge < -0.3 is 4.74 Å². The first kappa shape index (κ1) is 9.00. The summed E-state index contributed by atoms with van der Waals surface area (Å²) in [5, 5.41) is 1.98. The molecule has 64 valence electrons. The molecule has 3 heteroatoms. The summed E-state index contributed by atoms with van der Waals surface area (Å²) in [5.74, 6) is -0.305. The number of hydrogen-bond donors (Lipinski definition) is 0. The van der Waals surface area contributed by atoms with E-state index in [9.17, 15) is 4.79 Å². The fourth-order valence-corrected chi connectivity index (χ4v) is 1.52. The smallest absolute Gasteiger partial charge is 0.330 e. The lowest BCUT2D eigenvalue weighted by Gasteiger charge is -1.95. The quantitative estimate of drug-likeness (QED) is 0.518. The summed E-state index contributed by atoms with van der Waals surface area (Å²) < 4.78 is 4.51. The minimum absolute atomic E-state index is 0.305. The van der Waals surface area contributed by atoms with Crippen LogP contribution in [0.4, 0.5) is 0 Å². The van der Waals surface area contributed by atoms with E-state index in [0.717, 1.165) is 10.5 Å². The zero-order valence-electron chi connectivity index (χ0n) is 7.03. The maximum atomic E-state index is 10.8. The van der Waals surface area contributed by atoms with Crippen LogP contribution in [0.1, 0.15) is 11.8 Å². The number of hydrogen-bond acceptors (Lipinski definition) is 3. The third-order valence-electron chi connectivity index (χ3n) is 1.45. The molecule has 0 aromatic carbocycles. The molecule has 1 aromatic rings. The Balaban J connectivity index is 2.77. The van der Waals surface area contributed by atoms with Crippen molar-refractivity contribution in [3.05, 3.63) is 28.5 Å². The standard InChI is InChI=1S/C9H10O2S/c1-7(6-9(10)11-2)8-4-3-5-12-8/h3-6H,1-2H3/b7-6+. The first-order chi connectivity index (χ1) is 5.74. The number of thiophene rings is 1. The molecule has 2 nitrogen and oxygen atoms in total. The van der Waals surface area contributed by atoms with E-state index >= 15 is 0 Å². The van der Waals surface area contributed by atoms with E-state index in [1.807, 2.05) is 24.4 Å². The van der Waals surface area contributed by atoms with E-state index in [1.54, 1.807) is 11.3 Å². The van der Waals surface area contributed by atoms with Crippen LogP contribution in [0.25, 0.3) is 5.57 Å². The van der Waals surface area contributed by atoms with E-state index in [1.165, 1.54) is 13.2 Å². The summed E-state index contributed by atoms with van der Waals surface area (Å²) in [6.07, 6.45) is 1.49. The van der Waals surface area contributed by atoms with Crippen LogP contribution in [0, 0.1) is 0 Å². The van der Waals surface area contributed by atoms with Crippen molar-refractivity contribution in [1.82, 2.24) is 0 Å². The second kappa shape index (κ2) is 4.07. The minimum atomic E-state index is -0.305. The van der Waals surface area contributed by atoms with Gasteiger partial charge in [-0.25, -0.2) is 4.79 Å². The molecule has 0 amide bonds. The summed E-state index contributed by atoms with van der Waals surface area (Å²) in [7, 11) is 1.38. The number of methoxy groups -OCH3 is 1. The maximum absolute atomic E-state index is 10.8. The highest BCUT2D eigenvalue weighted by Gasteiger charge is 1.99. The predicted molar refractivity (Wildman–Crippen MR) is 50.0 cm³/mol. The summed E-state index contributed by atoms with van der Waals surface area (Å²) >= 11 is 1.61. The molecule has 0 radical (unpaired) electrons. The normalized spacial score (nSPS) is 11.3. The Morgan fingerprint density at radius 1 is 1.67 bits per heavy atom. The molecule has 0 saturated carbocycles. The van der Waals surface area contributed by atoms with Gasteiger partial charge in [0.15, 0.2) is 0 Å². The third-order valence-corrected chi connectivity index (χ3v) is 2.45. The topological polar surface area (TPSA) is 26.3 Å². The van der Waals surface area contributed by atoms with Crippen molar-refractivity contribution in [3.8, 4) is 0 Å². The summed E-state index contributed by atoms with van der Waals surface area (Å²) in [6, 6.07) is 3.92. The molecule has 0 unspecified atom stereocenters. The van der Waals surface area contributed by atoms with E-state index in [-0.39, 0.29) is 5.97 Å². The number of carbonyl (C=O) groups is 1. The minimum Gasteiger partial charge on any atom is -0.466 e. The molecule has 0 fully saturated rings. The average molecular weight is 182 g/mol. The van der Waals surface area contributed by atoms with Crippen molar-refractivity contribution < 1.29 is 9.53 Å². The largest absolute Gasteiger partial charge is 0.466 e. The van der Waals surface area contributed by atoms with E-state index in [0.29, 0.717) is 0 Å². The highest BCUT2D eigenvalue weighted by Crippen LogP contribution is 2.18. The van der Waals surface area contributed by atoms with Crippen LogP contribution in [0.5, 0.6) is 0 Å².